The zero-order chi connectivity index (χ0) is 15.1. The zero-order valence-electron chi connectivity index (χ0n) is 12.3. The lowest BCUT2D eigenvalue weighted by Crippen LogP contribution is -2.46. The maximum Gasteiger partial charge on any atom is 0.226 e. The quantitative estimate of drug-likeness (QED) is 0.885. The first-order valence-corrected chi connectivity index (χ1v) is 7.76. The molecule has 0 radical (unpaired) electrons. The molecule has 2 aliphatic rings. The summed E-state index contributed by atoms with van der Waals surface area (Å²) in [5, 5.41) is 9.43. The van der Waals surface area contributed by atoms with Crippen LogP contribution >= 0.6 is 0 Å². The van der Waals surface area contributed by atoms with Gasteiger partial charge < -0.3 is 15.0 Å². The van der Waals surface area contributed by atoms with Crippen LogP contribution < -0.4 is 0 Å². The monoisotopic (exact) mass is 297 g/mol. The highest BCUT2D eigenvalue weighted by molar-refractivity contribution is 5.80. The first-order valence-electron chi connectivity index (χ1n) is 7.76. The third-order valence-electron chi connectivity index (χ3n) is 4.81. The minimum Gasteiger partial charge on any atom is -0.393 e. The SMILES string of the molecule is O=C(C1CC(O)C1)N1Cc2[nH]cnc2C(c2ccccc2)C1. The average molecular weight is 297 g/mol. The molecule has 1 aromatic heterocycles. The van der Waals surface area contributed by atoms with Crippen molar-refractivity contribution in [3.8, 4) is 0 Å². The molecule has 1 unspecified atom stereocenters. The predicted octanol–water partition coefficient (Wildman–Crippen LogP) is 1.65. The zero-order valence-corrected chi connectivity index (χ0v) is 12.3. The van der Waals surface area contributed by atoms with Crippen LogP contribution in [0, 0.1) is 5.92 Å². The van der Waals surface area contributed by atoms with Crippen LogP contribution in [-0.4, -0.2) is 38.5 Å². The molecular formula is C17H19N3O2. The van der Waals surface area contributed by atoms with E-state index >= 15 is 0 Å². The van der Waals surface area contributed by atoms with Gasteiger partial charge in [-0.15, -0.1) is 0 Å². The highest BCUT2D eigenvalue weighted by Gasteiger charge is 2.39. The maximum absolute atomic E-state index is 12.6. The molecule has 0 spiro atoms. The summed E-state index contributed by atoms with van der Waals surface area (Å²) in [5.41, 5.74) is 3.25. The van der Waals surface area contributed by atoms with E-state index in [2.05, 4.69) is 22.1 Å². The Morgan fingerprint density at radius 3 is 2.77 bits per heavy atom. The van der Waals surface area contributed by atoms with E-state index in [-0.39, 0.29) is 23.8 Å². The third kappa shape index (κ3) is 2.22. The number of H-pyrrole nitrogens is 1. The Bertz CT molecular complexity index is 676. The van der Waals surface area contributed by atoms with Gasteiger partial charge in [0.15, 0.2) is 0 Å². The first-order chi connectivity index (χ1) is 10.7. The predicted molar refractivity (Wildman–Crippen MR) is 81.0 cm³/mol. The number of hydrogen-bond donors (Lipinski definition) is 2. The van der Waals surface area contributed by atoms with E-state index in [0.29, 0.717) is 25.9 Å². The number of carbonyl (C=O) groups is 1. The Hall–Kier alpha value is -2.14. The molecule has 2 aromatic rings. The van der Waals surface area contributed by atoms with E-state index in [9.17, 15) is 9.90 Å². The largest absolute Gasteiger partial charge is 0.393 e. The molecule has 1 aromatic carbocycles. The van der Waals surface area contributed by atoms with Crippen LogP contribution in [-0.2, 0) is 11.3 Å². The van der Waals surface area contributed by atoms with Crippen molar-refractivity contribution in [1.29, 1.82) is 0 Å². The van der Waals surface area contributed by atoms with Crippen LogP contribution in [0.2, 0.25) is 0 Å². The number of aliphatic hydroxyl groups excluding tert-OH is 1. The number of fused-ring (bicyclic) bond motifs is 1. The Balaban J connectivity index is 1.61. The topological polar surface area (TPSA) is 69.2 Å². The summed E-state index contributed by atoms with van der Waals surface area (Å²) in [6.45, 7) is 1.25. The van der Waals surface area contributed by atoms with Crippen molar-refractivity contribution in [1.82, 2.24) is 14.9 Å². The van der Waals surface area contributed by atoms with E-state index in [4.69, 9.17) is 0 Å². The van der Waals surface area contributed by atoms with E-state index in [1.165, 1.54) is 5.56 Å². The summed E-state index contributed by atoms with van der Waals surface area (Å²) in [4.78, 5) is 22.2. The molecule has 1 fully saturated rings. The molecular weight excluding hydrogens is 278 g/mol. The average Bonchev–Trinajstić information content (AvgIpc) is 2.99. The molecule has 5 nitrogen and oxygen atoms in total. The Labute approximate surface area is 129 Å². The molecule has 0 bridgehead atoms. The van der Waals surface area contributed by atoms with Gasteiger partial charge in [-0.2, -0.15) is 0 Å². The van der Waals surface area contributed by atoms with Crippen LogP contribution in [0.1, 0.15) is 35.7 Å². The highest BCUT2D eigenvalue weighted by atomic mass is 16.3. The number of aromatic amines is 1. The number of hydrogen-bond acceptors (Lipinski definition) is 3. The van der Waals surface area contributed by atoms with E-state index in [1.807, 2.05) is 23.1 Å². The molecule has 114 valence electrons. The summed E-state index contributed by atoms with van der Waals surface area (Å²) in [6.07, 6.45) is 2.61. The Morgan fingerprint density at radius 1 is 1.27 bits per heavy atom. The van der Waals surface area contributed by atoms with Crippen LogP contribution in [0.5, 0.6) is 0 Å². The fourth-order valence-corrected chi connectivity index (χ4v) is 3.48. The number of nitrogens with zero attached hydrogens (tertiary/aromatic N) is 2. The van der Waals surface area contributed by atoms with Crippen molar-refractivity contribution in [2.45, 2.75) is 31.4 Å². The normalized spacial score (nSPS) is 27.1. The lowest BCUT2D eigenvalue weighted by atomic mass is 9.80. The van der Waals surface area contributed by atoms with Gasteiger partial charge in [0.2, 0.25) is 5.91 Å². The lowest BCUT2D eigenvalue weighted by molar-refractivity contribution is -0.143. The molecule has 2 heterocycles. The van der Waals surface area contributed by atoms with Crippen molar-refractivity contribution in [2.24, 2.45) is 5.92 Å². The van der Waals surface area contributed by atoms with Gasteiger partial charge in [0, 0.05) is 18.4 Å². The molecule has 1 amide bonds. The standard InChI is InChI=1S/C17H19N3O2/c21-13-6-12(7-13)17(22)20-8-14(11-4-2-1-3-5-11)16-15(9-20)18-10-19-16/h1-5,10,12-14,21H,6-9H2,(H,18,19). The van der Waals surface area contributed by atoms with Crippen molar-refractivity contribution >= 4 is 5.91 Å². The number of aromatic nitrogens is 2. The number of nitrogens with one attached hydrogen (secondary N) is 1. The number of benzene rings is 1. The van der Waals surface area contributed by atoms with Gasteiger partial charge >= 0.3 is 0 Å². The van der Waals surface area contributed by atoms with E-state index in [0.717, 1.165) is 11.4 Å². The Morgan fingerprint density at radius 2 is 2.05 bits per heavy atom. The molecule has 2 N–H and O–H groups in total. The van der Waals surface area contributed by atoms with Crippen molar-refractivity contribution in [3.63, 3.8) is 0 Å². The molecule has 1 aliphatic heterocycles. The summed E-state index contributed by atoms with van der Waals surface area (Å²) in [5.74, 6) is 0.257. The highest BCUT2D eigenvalue weighted by Crippen LogP contribution is 2.35. The Kier molecular flexibility index (Phi) is 3.22. The van der Waals surface area contributed by atoms with Gasteiger partial charge in [-0.25, -0.2) is 4.98 Å². The van der Waals surface area contributed by atoms with Gasteiger partial charge in [0.25, 0.3) is 0 Å². The maximum atomic E-state index is 12.6. The second-order valence-electron chi connectivity index (χ2n) is 6.27. The molecule has 1 saturated carbocycles. The fraction of sp³-hybridized carbons (Fsp3) is 0.412. The van der Waals surface area contributed by atoms with Gasteiger partial charge in [0.05, 0.1) is 30.4 Å². The summed E-state index contributed by atoms with van der Waals surface area (Å²) >= 11 is 0. The van der Waals surface area contributed by atoms with Crippen molar-refractivity contribution < 1.29 is 9.90 Å². The van der Waals surface area contributed by atoms with Crippen LogP contribution in [0.25, 0.3) is 0 Å². The third-order valence-corrected chi connectivity index (χ3v) is 4.81. The second-order valence-corrected chi connectivity index (χ2v) is 6.27. The molecule has 1 aliphatic carbocycles. The van der Waals surface area contributed by atoms with Gasteiger partial charge in [0.1, 0.15) is 0 Å². The molecule has 22 heavy (non-hydrogen) atoms. The van der Waals surface area contributed by atoms with Crippen molar-refractivity contribution in [3.05, 3.63) is 53.6 Å². The molecule has 0 saturated heterocycles. The molecule has 4 rings (SSSR count). The summed E-state index contributed by atoms with van der Waals surface area (Å²) < 4.78 is 0. The minimum absolute atomic E-state index is 0.0177. The molecule has 5 heteroatoms. The van der Waals surface area contributed by atoms with Crippen molar-refractivity contribution in [2.75, 3.05) is 6.54 Å². The number of rotatable bonds is 2. The van der Waals surface area contributed by atoms with Gasteiger partial charge in [-0.3, -0.25) is 4.79 Å². The number of imidazole rings is 1. The minimum atomic E-state index is -0.300. The fourth-order valence-electron chi connectivity index (χ4n) is 3.48. The summed E-state index contributed by atoms with van der Waals surface area (Å²) in [6, 6.07) is 10.2. The van der Waals surface area contributed by atoms with Gasteiger partial charge in [-0.05, 0) is 18.4 Å². The first kappa shape index (κ1) is 13.5. The summed E-state index contributed by atoms with van der Waals surface area (Å²) in [7, 11) is 0. The van der Waals surface area contributed by atoms with E-state index < -0.39 is 0 Å². The second kappa shape index (κ2) is 5.25. The smallest absolute Gasteiger partial charge is 0.226 e. The number of aliphatic hydroxyl groups is 1. The van der Waals surface area contributed by atoms with Crippen LogP contribution in [0.3, 0.4) is 0 Å². The lowest BCUT2D eigenvalue weighted by Gasteiger charge is -2.38. The number of carbonyl (C=O) groups excluding carboxylic acids is 1. The number of amides is 1. The van der Waals surface area contributed by atoms with Gasteiger partial charge in [-0.1, -0.05) is 30.3 Å². The van der Waals surface area contributed by atoms with Crippen LogP contribution in [0.4, 0.5) is 0 Å². The van der Waals surface area contributed by atoms with E-state index in [1.54, 1.807) is 6.33 Å². The van der Waals surface area contributed by atoms with Crippen LogP contribution in [0.15, 0.2) is 36.7 Å². The molecule has 1 atom stereocenters.